The monoisotopic (exact) mass is 235 g/mol. The molecule has 1 atom stereocenters. The van der Waals surface area contributed by atoms with Crippen LogP contribution in [0.4, 0.5) is 0 Å². The Morgan fingerprint density at radius 2 is 2.35 bits per heavy atom. The molecule has 94 valence electrons. The van der Waals surface area contributed by atoms with Gasteiger partial charge in [0.25, 0.3) is 0 Å². The van der Waals surface area contributed by atoms with Crippen molar-refractivity contribution in [3.63, 3.8) is 0 Å². The summed E-state index contributed by atoms with van der Waals surface area (Å²) in [5, 5.41) is 3.36. The zero-order chi connectivity index (χ0) is 12.3. The molecule has 1 N–H and O–H groups in total. The molecule has 2 rings (SSSR count). The second kappa shape index (κ2) is 5.10. The van der Waals surface area contributed by atoms with Crippen molar-refractivity contribution in [1.82, 2.24) is 15.3 Å². The van der Waals surface area contributed by atoms with Crippen molar-refractivity contribution in [2.45, 2.75) is 51.8 Å². The van der Waals surface area contributed by atoms with Crippen molar-refractivity contribution in [2.24, 2.45) is 0 Å². The van der Waals surface area contributed by atoms with Crippen molar-refractivity contribution in [3.05, 3.63) is 23.8 Å². The van der Waals surface area contributed by atoms with Gasteiger partial charge in [0, 0.05) is 25.4 Å². The lowest BCUT2D eigenvalue weighted by molar-refractivity contribution is 0.00912. The Morgan fingerprint density at radius 1 is 1.53 bits per heavy atom. The van der Waals surface area contributed by atoms with Gasteiger partial charge < -0.3 is 10.1 Å². The van der Waals surface area contributed by atoms with E-state index in [-0.39, 0.29) is 5.60 Å². The van der Waals surface area contributed by atoms with E-state index in [2.05, 4.69) is 36.1 Å². The molecule has 0 aliphatic carbocycles. The summed E-state index contributed by atoms with van der Waals surface area (Å²) in [5.74, 6) is 0.818. The summed E-state index contributed by atoms with van der Waals surface area (Å²) in [6.45, 7) is 7.93. The molecular formula is C13H21N3O. The highest BCUT2D eigenvalue weighted by molar-refractivity contribution is 5.08. The van der Waals surface area contributed by atoms with Gasteiger partial charge in [-0.05, 0) is 25.8 Å². The Hall–Kier alpha value is -1.00. The van der Waals surface area contributed by atoms with E-state index < -0.39 is 0 Å². The molecule has 0 saturated carbocycles. The topological polar surface area (TPSA) is 47.0 Å². The quantitative estimate of drug-likeness (QED) is 0.867. The third-order valence-electron chi connectivity index (χ3n) is 3.10. The van der Waals surface area contributed by atoms with Gasteiger partial charge in [-0.1, -0.05) is 13.8 Å². The molecule has 1 aliphatic rings. The lowest BCUT2D eigenvalue weighted by Gasteiger charge is -2.21. The smallest absolute Gasteiger partial charge is 0.160 e. The first-order chi connectivity index (χ1) is 8.10. The van der Waals surface area contributed by atoms with Gasteiger partial charge in [-0.3, -0.25) is 0 Å². The third-order valence-corrected chi connectivity index (χ3v) is 3.10. The van der Waals surface area contributed by atoms with E-state index in [9.17, 15) is 0 Å². The predicted molar refractivity (Wildman–Crippen MR) is 66.5 cm³/mol. The largest absolute Gasteiger partial charge is 0.367 e. The second-order valence-corrected chi connectivity index (χ2v) is 5.09. The lowest BCUT2D eigenvalue weighted by Crippen LogP contribution is -2.26. The molecule has 0 aromatic carbocycles. The van der Waals surface area contributed by atoms with Crippen LogP contribution in [0.1, 0.15) is 45.1 Å². The summed E-state index contributed by atoms with van der Waals surface area (Å²) in [6, 6.07) is 2.42. The van der Waals surface area contributed by atoms with Crippen LogP contribution in [0.25, 0.3) is 0 Å². The Kier molecular flexibility index (Phi) is 3.74. The minimum Gasteiger partial charge on any atom is -0.367 e. The van der Waals surface area contributed by atoms with Gasteiger partial charge in [0.05, 0.1) is 5.69 Å². The Morgan fingerprint density at radius 3 is 3.00 bits per heavy atom. The van der Waals surface area contributed by atoms with Gasteiger partial charge in [-0.15, -0.1) is 0 Å². The number of ether oxygens (including phenoxy) is 1. The number of rotatable bonds is 4. The molecule has 0 radical (unpaired) electrons. The summed E-state index contributed by atoms with van der Waals surface area (Å²) < 4.78 is 5.76. The Bertz CT molecular complexity index is 373. The molecule has 1 unspecified atom stereocenters. The van der Waals surface area contributed by atoms with Gasteiger partial charge in [-0.2, -0.15) is 0 Å². The first-order valence-electron chi connectivity index (χ1n) is 6.30. The molecule has 0 amide bonds. The number of hydrogen-bond donors (Lipinski definition) is 1. The van der Waals surface area contributed by atoms with E-state index in [0.717, 1.165) is 37.5 Å². The molecule has 1 fully saturated rings. The fourth-order valence-corrected chi connectivity index (χ4v) is 2.01. The van der Waals surface area contributed by atoms with Gasteiger partial charge in [-0.25, -0.2) is 9.97 Å². The van der Waals surface area contributed by atoms with Crippen molar-refractivity contribution in [1.29, 1.82) is 0 Å². The van der Waals surface area contributed by atoms with E-state index in [1.165, 1.54) is 0 Å². The van der Waals surface area contributed by atoms with Gasteiger partial charge in [0.15, 0.2) is 5.82 Å². The fraction of sp³-hybridized carbons (Fsp3) is 0.692. The summed E-state index contributed by atoms with van der Waals surface area (Å²) in [4.78, 5) is 8.96. The lowest BCUT2D eigenvalue weighted by atomic mass is 10.0. The van der Waals surface area contributed by atoms with Crippen molar-refractivity contribution in [3.8, 4) is 0 Å². The fourth-order valence-electron chi connectivity index (χ4n) is 2.01. The van der Waals surface area contributed by atoms with E-state index >= 15 is 0 Å². The van der Waals surface area contributed by atoms with Gasteiger partial charge >= 0.3 is 0 Å². The highest BCUT2D eigenvalue weighted by atomic mass is 16.5. The number of aromatic nitrogens is 2. The molecule has 4 nitrogen and oxygen atoms in total. The van der Waals surface area contributed by atoms with Crippen LogP contribution in [0, 0.1) is 0 Å². The number of nitrogens with one attached hydrogen (secondary N) is 1. The van der Waals surface area contributed by atoms with Crippen LogP contribution in [-0.4, -0.2) is 22.6 Å². The molecule has 1 aromatic rings. The molecule has 17 heavy (non-hydrogen) atoms. The van der Waals surface area contributed by atoms with Gasteiger partial charge in [0.2, 0.25) is 0 Å². The zero-order valence-corrected chi connectivity index (χ0v) is 10.9. The molecule has 1 saturated heterocycles. The molecule has 0 spiro atoms. The van der Waals surface area contributed by atoms with E-state index in [1.54, 1.807) is 0 Å². The van der Waals surface area contributed by atoms with E-state index in [0.29, 0.717) is 6.04 Å². The van der Waals surface area contributed by atoms with Crippen molar-refractivity contribution >= 4 is 0 Å². The van der Waals surface area contributed by atoms with Crippen LogP contribution < -0.4 is 5.32 Å². The first-order valence-corrected chi connectivity index (χ1v) is 6.30. The van der Waals surface area contributed by atoms with Crippen LogP contribution in [0.3, 0.4) is 0 Å². The molecule has 2 heterocycles. The van der Waals surface area contributed by atoms with Gasteiger partial charge in [0.1, 0.15) is 5.60 Å². The van der Waals surface area contributed by atoms with E-state index in [4.69, 9.17) is 4.74 Å². The van der Waals surface area contributed by atoms with Crippen molar-refractivity contribution < 1.29 is 4.74 Å². The Labute approximate surface area is 103 Å². The summed E-state index contributed by atoms with van der Waals surface area (Å²) in [7, 11) is 0. The maximum atomic E-state index is 5.76. The minimum absolute atomic E-state index is 0.284. The maximum Gasteiger partial charge on any atom is 0.160 e. The summed E-state index contributed by atoms with van der Waals surface area (Å²) in [5.41, 5.74) is 0.744. The first kappa shape index (κ1) is 12.5. The van der Waals surface area contributed by atoms with Crippen LogP contribution in [0.2, 0.25) is 0 Å². The normalized spacial score (nSPS) is 24.5. The predicted octanol–water partition coefficient (Wildman–Crippen LogP) is 2.00. The standard InChI is InChI=1S/C13H21N3O/c1-10(2)15-9-11-5-7-14-12(16-11)13(3)6-4-8-17-13/h5,7,10,15H,4,6,8-9H2,1-3H3. The molecular weight excluding hydrogens is 214 g/mol. The number of nitrogens with zero attached hydrogens (tertiary/aromatic N) is 2. The van der Waals surface area contributed by atoms with Crippen LogP contribution >= 0.6 is 0 Å². The van der Waals surface area contributed by atoms with Crippen LogP contribution in [-0.2, 0) is 16.9 Å². The summed E-state index contributed by atoms with van der Waals surface area (Å²) in [6.07, 6.45) is 3.93. The molecule has 1 aromatic heterocycles. The minimum atomic E-state index is -0.284. The Balaban J connectivity index is 2.11. The average molecular weight is 235 g/mol. The van der Waals surface area contributed by atoms with Crippen LogP contribution in [0.15, 0.2) is 12.3 Å². The molecule has 4 heteroatoms. The van der Waals surface area contributed by atoms with E-state index in [1.807, 2.05) is 12.3 Å². The average Bonchev–Trinajstić information content (AvgIpc) is 2.75. The number of hydrogen-bond acceptors (Lipinski definition) is 4. The second-order valence-electron chi connectivity index (χ2n) is 5.09. The zero-order valence-electron chi connectivity index (χ0n) is 10.9. The highest BCUT2D eigenvalue weighted by Gasteiger charge is 2.34. The van der Waals surface area contributed by atoms with Crippen molar-refractivity contribution in [2.75, 3.05) is 6.61 Å². The van der Waals surface area contributed by atoms with Crippen LogP contribution in [0.5, 0.6) is 0 Å². The SMILES string of the molecule is CC(C)NCc1ccnc(C2(C)CCCO2)n1. The third kappa shape index (κ3) is 3.01. The molecule has 1 aliphatic heterocycles. The highest BCUT2D eigenvalue weighted by Crippen LogP contribution is 2.33. The molecule has 0 bridgehead atoms. The maximum absolute atomic E-state index is 5.76. The summed E-state index contributed by atoms with van der Waals surface area (Å²) >= 11 is 0.